The zero-order valence-corrected chi connectivity index (χ0v) is 8.91. The van der Waals surface area contributed by atoms with Gasteiger partial charge in [0.05, 0.1) is 18.9 Å². The summed E-state index contributed by atoms with van der Waals surface area (Å²) in [5.41, 5.74) is 0. The Kier molecular flexibility index (Phi) is 3.40. The molecular formula is C8H11BN4O4. The van der Waals surface area contributed by atoms with Gasteiger partial charge in [-0.3, -0.25) is 4.79 Å². The van der Waals surface area contributed by atoms with Crippen molar-refractivity contribution in [2.75, 3.05) is 24.5 Å². The highest BCUT2D eigenvalue weighted by atomic mass is 16.6. The van der Waals surface area contributed by atoms with E-state index in [-0.39, 0.29) is 18.2 Å². The van der Waals surface area contributed by atoms with Gasteiger partial charge in [-0.15, -0.1) is 0 Å². The molecule has 2 rings (SSSR count). The van der Waals surface area contributed by atoms with E-state index < -0.39 is 7.32 Å². The van der Waals surface area contributed by atoms with Crippen molar-refractivity contribution >= 4 is 19.2 Å². The minimum absolute atomic E-state index is 0.0778. The van der Waals surface area contributed by atoms with Crippen molar-refractivity contribution < 1.29 is 19.5 Å². The fraction of sp³-hybridized carbons (Fsp3) is 0.375. The maximum Gasteiger partial charge on any atom is 0.707 e. The molecule has 0 atom stereocenters. The normalized spacial score (nSPS) is 15.4. The van der Waals surface area contributed by atoms with E-state index in [1.165, 1.54) is 12.4 Å². The average Bonchev–Trinajstić information content (AvgIpc) is 2.29. The number of carbonyl (C=O) groups excluding carboxylic acids is 1. The summed E-state index contributed by atoms with van der Waals surface area (Å²) in [5.74, 6) is 0.468. The Morgan fingerprint density at radius 1 is 1.41 bits per heavy atom. The summed E-state index contributed by atoms with van der Waals surface area (Å²) in [4.78, 5) is 20.8. The van der Waals surface area contributed by atoms with Crippen LogP contribution in [0.2, 0.25) is 0 Å². The molecule has 1 aromatic heterocycles. The summed E-state index contributed by atoms with van der Waals surface area (Å²) < 4.78 is 4.57. The number of rotatable bonds is 3. The van der Waals surface area contributed by atoms with Gasteiger partial charge in [-0.1, -0.05) is 0 Å². The Labute approximate surface area is 97.4 Å². The van der Waals surface area contributed by atoms with E-state index >= 15 is 0 Å². The average molecular weight is 238 g/mol. The zero-order chi connectivity index (χ0) is 12.3. The highest BCUT2D eigenvalue weighted by Gasteiger charge is 2.19. The van der Waals surface area contributed by atoms with Crippen LogP contribution in [0.15, 0.2) is 12.4 Å². The predicted molar refractivity (Wildman–Crippen MR) is 58.1 cm³/mol. The Hall–Kier alpha value is -1.87. The summed E-state index contributed by atoms with van der Waals surface area (Å²) in [7, 11) is -1.90. The van der Waals surface area contributed by atoms with Gasteiger partial charge in [0.15, 0.2) is 0 Å². The molecule has 0 unspecified atom stereocenters. The molecule has 3 N–H and O–H groups in total. The van der Waals surface area contributed by atoms with Gasteiger partial charge in [0.2, 0.25) is 11.9 Å². The van der Waals surface area contributed by atoms with Gasteiger partial charge < -0.3 is 24.9 Å². The Morgan fingerprint density at radius 3 is 2.71 bits per heavy atom. The van der Waals surface area contributed by atoms with Crippen molar-refractivity contribution in [1.29, 1.82) is 0 Å². The molecule has 8 nitrogen and oxygen atoms in total. The zero-order valence-electron chi connectivity index (χ0n) is 8.91. The number of piperazine rings is 1. The molecule has 1 aliphatic rings. The van der Waals surface area contributed by atoms with Crippen LogP contribution in [-0.2, 0) is 4.79 Å². The molecule has 9 heteroatoms. The Balaban J connectivity index is 2.04. The summed E-state index contributed by atoms with van der Waals surface area (Å²) in [6, 6.07) is 0. The van der Waals surface area contributed by atoms with E-state index in [4.69, 9.17) is 10.0 Å². The van der Waals surface area contributed by atoms with E-state index in [1.807, 2.05) is 0 Å². The van der Waals surface area contributed by atoms with Crippen LogP contribution in [0.1, 0.15) is 0 Å². The lowest BCUT2D eigenvalue weighted by Crippen LogP contribution is -2.48. The number of amides is 1. The van der Waals surface area contributed by atoms with E-state index in [1.54, 1.807) is 4.90 Å². The highest BCUT2D eigenvalue weighted by Crippen LogP contribution is 2.12. The maximum atomic E-state index is 11.2. The molecule has 17 heavy (non-hydrogen) atoms. The van der Waals surface area contributed by atoms with Crippen LogP contribution >= 0.6 is 0 Å². The molecule has 1 aromatic rings. The maximum absolute atomic E-state index is 11.2. The van der Waals surface area contributed by atoms with Gasteiger partial charge in [0, 0.05) is 13.1 Å². The first-order chi connectivity index (χ1) is 8.15. The standard InChI is InChI=1S/C8H11BN4O4/c14-7-5-13(2-1-10-7)8-11-3-6(4-12-8)17-9(15)16/h3-4,15-16H,1-2,5H2,(H,10,14). The molecule has 1 aliphatic heterocycles. The van der Waals surface area contributed by atoms with Crippen molar-refractivity contribution in [3.8, 4) is 5.75 Å². The lowest BCUT2D eigenvalue weighted by Gasteiger charge is -2.26. The number of hydrogen-bond acceptors (Lipinski definition) is 7. The minimum Gasteiger partial charge on any atom is -0.509 e. The quantitative estimate of drug-likeness (QED) is 0.511. The monoisotopic (exact) mass is 238 g/mol. The molecule has 90 valence electrons. The topological polar surface area (TPSA) is 108 Å². The second-order valence-corrected chi connectivity index (χ2v) is 3.43. The van der Waals surface area contributed by atoms with Gasteiger partial charge in [-0.05, 0) is 0 Å². The first-order valence-electron chi connectivity index (χ1n) is 5.01. The van der Waals surface area contributed by atoms with Crippen LogP contribution in [0.4, 0.5) is 5.95 Å². The number of hydrogen-bond donors (Lipinski definition) is 3. The number of carbonyl (C=O) groups is 1. The van der Waals surface area contributed by atoms with E-state index in [9.17, 15) is 4.79 Å². The molecule has 0 radical (unpaired) electrons. The third kappa shape index (κ3) is 3.05. The van der Waals surface area contributed by atoms with Crippen LogP contribution in [0.25, 0.3) is 0 Å². The Morgan fingerprint density at radius 2 is 2.12 bits per heavy atom. The summed E-state index contributed by atoms with van der Waals surface area (Å²) in [6.07, 6.45) is 2.63. The first kappa shape index (κ1) is 11.6. The van der Waals surface area contributed by atoms with Gasteiger partial charge in [0.1, 0.15) is 5.75 Å². The van der Waals surface area contributed by atoms with Gasteiger partial charge in [-0.2, -0.15) is 0 Å². The van der Waals surface area contributed by atoms with Crippen molar-refractivity contribution in [3.63, 3.8) is 0 Å². The predicted octanol–water partition coefficient (Wildman–Crippen LogP) is -2.24. The molecule has 0 saturated carbocycles. The summed E-state index contributed by atoms with van der Waals surface area (Å²) >= 11 is 0. The fourth-order valence-electron chi connectivity index (χ4n) is 1.46. The number of nitrogens with zero attached hydrogens (tertiary/aromatic N) is 3. The van der Waals surface area contributed by atoms with Gasteiger partial charge in [0.25, 0.3) is 0 Å². The third-order valence-electron chi connectivity index (χ3n) is 2.18. The highest BCUT2D eigenvalue weighted by molar-refractivity contribution is 6.33. The lowest BCUT2D eigenvalue weighted by atomic mass is 10.2. The molecule has 1 fully saturated rings. The van der Waals surface area contributed by atoms with Gasteiger partial charge in [-0.25, -0.2) is 9.97 Å². The SMILES string of the molecule is O=C1CN(c2ncc(OB(O)O)cn2)CCN1. The molecule has 1 amide bonds. The molecule has 0 aromatic carbocycles. The van der Waals surface area contributed by atoms with Crippen LogP contribution < -0.4 is 14.9 Å². The van der Waals surface area contributed by atoms with Crippen LogP contribution in [0, 0.1) is 0 Å². The van der Waals surface area contributed by atoms with Crippen LogP contribution in [0.5, 0.6) is 5.75 Å². The van der Waals surface area contributed by atoms with Crippen molar-refractivity contribution in [3.05, 3.63) is 12.4 Å². The van der Waals surface area contributed by atoms with Gasteiger partial charge >= 0.3 is 7.32 Å². The molecule has 2 heterocycles. The molecule has 0 aliphatic carbocycles. The second kappa shape index (κ2) is 4.98. The van der Waals surface area contributed by atoms with Crippen molar-refractivity contribution in [1.82, 2.24) is 15.3 Å². The third-order valence-corrected chi connectivity index (χ3v) is 2.18. The molecule has 0 bridgehead atoms. The largest absolute Gasteiger partial charge is 0.707 e. The van der Waals surface area contributed by atoms with Crippen molar-refractivity contribution in [2.24, 2.45) is 0 Å². The minimum atomic E-state index is -1.90. The van der Waals surface area contributed by atoms with Crippen molar-refractivity contribution in [2.45, 2.75) is 0 Å². The van der Waals surface area contributed by atoms with E-state index in [0.717, 1.165) is 0 Å². The van der Waals surface area contributed by atoms with E-state index in [2.05, 4.69) is 19.9 Å². The summed E-state index contributed by atoms with van der Waals surface area (Å²) in [5, 5.41) is 19.8. The van der Waals surface area contributed by atoms with E-state index in [0.29, 0.717) is 19.0 Å². The fourth-order valence-corrected chi connectivity index (χ4v) is 1.46. The summed E-state index contributed by atoms with van der Waals surface area (Å²) in [6.45, 7) is 1.40. The number of aromatic nitrogens is 2. The lowest BCUT2D eigenvalue weighted by molar-refractivity contribution is -0.120. The smallest absolute Gasteiger partial charge is 0.509 e. The first-order valence-corrected chi connectivity index (χ1v) is 5.01. The molecule has 0 spiro atoms. The number of nitrogens with one attached hydrogen (secondary N) is 1. The van der Waals surface area contributed by atoms with Crippen LogP contribution in [0.3, 0.4) is 0 Å². The Bertz CT molecular complexity index is 399. The number of anilines is 1. The molecule has 1 saturated heterocycles. The molecular weight excluding hydrogens is 227 g/mol. The van der Waals surface area contributed by atoms with Crippen LogP contribution in [-0.4, -0.2) is 52.9 Å². The second-order valence-electron chi connectivity index (χ2n) is 3.43.